The molecule has 0 aliphatic carbocycles. The normalized spacial score (nSPS) is 18.9. The Morgan fingerprint density at radius 3 is 1.90 bits per heavy atom. The molecule has 1 aromatic heterocycles. The third kappa shape index (κ3) is 8.43. The van der Waals surface area contributed by atoms with Crippen molar-refractivity contribution in [3.8, 4) is 0 Å². The molecule has 2 fully saturated rings. The molecule has 2 aliphatic heterocycles. The number of fused-ring (bicyclic) bond motifs is 1. The lowest BCUT2D eigenvalue weighted by Crippen LogP contribution is -2.74. The van der Waals surface area contributed by atoms with Gasteiger partial charge in [-0.1, -0.05) is 169 Å². The average molecular weight is 868 g/mol. The van der Waals surface area contributed by atoms with Crippen LogP contribution in [0.5, 0.6) is 0 Å². The van der Waals surface area contributed by atoms with E-state index in [1.54, 1.807) is 22.4 Å². The number of carbonyl (C=O) groups is 3. The van der Waals surface area contributed by atoms with E-state index >= 15 is 0 Å². The predicted molar refractivity (Wildman–Crippen MR) is 241 cm³/mol. The van der Waals surface area contributed by atoms with E-state index in [0.29, 0.717) is 10.9 Å². The van der Waals surface area contributed by atoms with E-state index in [0.717, 1.165) is 27.8 Å². The van der Waals surface area contributed by atoms with Crippen LogP contribution >= 0.6 is 34.7 Å². The maximum absolute atomic E-state index is 14.3. The molecule has 0 bridgehead atoms. The van der Waals surface area contributed by atoms with Crippen molar-refractivity contribution in [2.75, 3.05) is 30.6 Å². The number of thiazole rings is 1. The van der Waals surface area contributed by atoms with Crippen LogP contribution in [-0.4, -0.2) is 70.1 Å². The van der Waals surface area contributed by atoms with E-state index in [-0.39, 0.29) is 29.7 Å². The van der Waals surface area contributed by atoms with E-state index in [9.17, 15) is 14.4 Å². The van der Waals surface area contributed by atoms with Crippen molar-refractivity contribution in [3.05, 3.63) is 203 Å². The maximum atomic E-state index is 14.3. The van der Waals surface area contributed by atoms with Crippen LogP contribution in [0.1, 0.15) is 39.6 Å². The Balaban J connectivity index is 1.01. The number of halogens is 1. The van der Waals surface area contributed by atoms with E-state index in [4.69, 9.17) is 26.2 Å². The molecule has 3 heterocycles. The fraction of sp³-hybridized carbons (Fsp3) is 0.188. The summed E-state index contributed by atoms with van der Waals surface area (Å²) in [6, 6.07) is 48.6. The van der Waals surface area contributed by atoms with Crippen LogP contribution < -0.4 is 10.6 Å². The van der Waals surface area contributed by atoms with E-state index in [1.165, 1.54) is 30.2 Å². The molecule has 2 saturated heterocycles. The number of oxime groups is 1. The van der Waals surface area contributed by atoms with Crippen LogP contribution in [0.4, 0.5) is 5.13 Å². The number of hydrogen-bond donors (Lipinski definition) is 2. The number of ether oxygens (including phenoxy) is 1. The number of anilines is 1. The lowest BCUT2D eigenvalue weighted by molar-refractivity contribution is -0.162. The molecule has 13 heteroatoms. The van der Waals surface area contributed by atoms with Gasteiger partial charge < -0.3 is 25.1 Å². The summed E-state index contributed by atoms with van der Waals surface area (Å²) in [5.41, 5.74) is 2.79. The average Bonchev–Trinajstić information content (AvgIpc) is 3.79. The second-order valence-electron chi connectivity index (χ2n) is 14.6. The third-order valence-electron chi connectivity index (χ3n) is 10.8. The van der Waals surface area contributed by atoms with Crippen LogP contribution in [0.2, 0.25) is 0 Å². The number of alkyl halides is 1. The number of benzene rings is 5. The number of carbonyl (C=O) groups excluding carboxylic acids is 3. The number of nitrogens with one attached hydrogen (secondary N) is 2. The standard InChI is InChI=1S/C48H42ClN5O5S2/c1-58-53-39(38-30-60-46(50-38)52-48(35-22-11-4-12-23-35,36-24-13-5-14-25-36)37-26-15-6-16-27-37)42(55)51-40-43(56)54-31-47(28-17-29-49,32-61-44(40)54)45(57)59-41(33-18-7-2-8-19-33)34-20-9-3-10-21-34/h2-28,30,40-41,44H,29,31-32H2,1H3,(H,50,52)(H,51,55)/t40?,44-,47?/m1/s1. The first-order valence-corrected chi connectivity index (χ1v) is 22.1. The third-order valence-corrected chi connectivity index (χ3v) is 13.3. The summed E-state index contributed by atoms with van der Waals surface area (Å²) in [5.74, 6) is -0.957. The Morgan fingerprint density at radius 2 is 1.39 bits per heavy atom. The molecule has 308 valence electrons. The zero-order valence-corrected chi connectivity index (χ0v) is 35.5. The van der Waals surface area contributed by atoms with Crippen molar-refractivity contribution < 1.29 is 24.0 Å². The number of aromatic nitrogens is 1. The number of nitrogens with zero attached hydrogens (tertiary/aromatic N) is 3. The van der Waals surface area contributed by atoms with E-state index in [2.05, 4.69) is 52.2 Å². The zero-order valence-electron chi connectivity index (χ0n) is 33.1. The van der Waals surface area contributed by atoms with Crippen molar-refractivity contribution in [2.45, 2.75) is 23.1 Å². The number of thioether (sulfide) groups is 1. The number of amides is 2. The summed E-state index contributed by atoms with van der Waals surface area (Å²) in [4.78, 5) is 53.8. The Kier molecular flexibility index (Phi) is 12.7. The molecule has 3 atom stereocenters. The van der Waals surface area contributed by atoms with Gasteiger partial charge in [0.2, 0.25) is 5.91 Å². The maximum Gasteiger partial charge on any atom is 0.319 e. The van der Waals surface area contributed by atoms with Crippen LogP contribution in [0.3, 0.4) is 0 Å². The number of allylic oxidation sites excluding steroid dienone is 1. The molecule has 0 radical (unpaired) electrons. The molecular weight excluding hydrogens is 826 g/mol. The minimum Gasteiger partial charge on any atom is -0.452 e. The van der Waals surface area contributed by atoms with Crippen LogP contribution in [0, 0.1) is 5.41 Å². The van der Waals surface area contributed by atoms with Gasteiger partial charge in [-0.25, -0.2) is 4.98 Å². The smallest absolute Gasteiger partial charge is 0.319 e. The van der Waals surface area contributed by atoms with Gasteiger partial charge in [0.15, 0.2) is 16.9 Å². The number of β-lactam (4-membered cyclic amide) rings is 1. The molecule has 61 heavy (non-hydrogen) atoms. The Bertz CT molecular complexity index is 2370. The molecule has 2 N–H and O–H groups in total. The first kappa shape index (κ1) is 41.5. The Morgan fingerprint density at radius 1 is 0.869 bits per heavy atom. The van der Waals surface area contributed by atoms with E-state index < -0.39 is 40.4 Å². The molecular formula is C48H42ClN5O5S2. The molecule has 2 unspecified atom stereocenters. The SMILES string of the molecule is CON=C(C(=O)NC1C(=O)N2CC(C=CCCl)(C(=O)OC(c3ccccc3)c3ccccc3)CS[C@H]12)c1csc(NC(c2ccccc2)(c2ccccc2)c2ccccc2)n1. The second kappa shape index (κ2) is 18.6. The topological polar surface area (TPSA) is 122 Å². The summed E-state index contributed by atoms with van der Waals surface area (Å²) in [6.07, 6.45) is 2.79. The first-order chi connectivity index (χ1) is 29.9. The van der Waals surface area contributed by atoms with Crippen LogP contribution in [0.25, 0.3) is 0 Å². The lowest BCUT2D eigenvalue weighted by atomic mass is 9.77. The molecule has 6 aromatic rings. The molecule has 2 amide bonds. The van der Waals surface area contributed by atoms with Gasteiger partial charge in [0, 0.05) is 23.6 Å². The molecule has 5 aromatic carbocycles. The van der Waals surface area contributed by atoms with Crippen molar-refractivity contribution in [3.63, 3.8) is 0 Å². The number of hydrogen-bond acceptors (Lipinski definition) is 10. The van der Waals surface area contributed by atoms with Gasteiger partial charge in [0.1, 0.15) is 35.2 Å². The highest BCUT2D eigenvalue weighted by molar-refractivity contribution is 8.00. The summed E-state index contributed by atoms with van der Waals surface area (Å²) >= 11 is 8.81. The minimum atomic E-state index is -1.18. The summed E-state index contributed by atoms with van der Waals surface area (Å²) in [7, 11) is 1.35. The number of rotatable bonds is 15. The molecule has 0 saturated carbocycles. The summed E-state index contributed by atoms with van der Waals surface area (Å²) in [5, 5.41) is 12.5. The molecule has 2 aliphatic rings. The highest BCUT2D eigenvalue weighted by Crippen LogP contribution is 2.45. The van der Waals surface area contributed by atoms with Crippen molar-refractivity contribution in [1.82, 2.24) is 15.2 Å². The van der Waals surface area contributed by atoms with Crippen LogP contribution in [-0.2, 0) is 29.5 Å². The van der Waals surface area contributed by atoms with Crippen molar-refractivity contribution in [2.24, 2.45) is 10.6 Å². The van der Waals surface area contributed by atoms with Gasteiger partial charge >= 0.3 is 5.97 Å². The summed E-state index contributed by atoms with van der Waals surface area (Å²) < 4.78 is 6.32. The van der Waals surface area contributed by atoms with Gasteiger partial charge in [-0.05, 0) is 27.8 Å². The second-order valence-corrected chi connectivity index (χ2v) is 16.8. The fourth-order valence-electron chi connectivity index (χ4n) is 7.85. The minimum absolute atomic E-state index is 0.0600. The predicted octanol–water partition coefficient (Wildman–Crippen LogP) is 8.41. The largest absolute Gasteiger partial charge is 0.452 e. The Labute approximate surface area is 367 Å². The number of esters is 1. The van der Waals surface area contributed by atoms with Gasteiger partial charge in [-0.2, -0.15) is 0 Å². The van der Waals surface area contributed by atoms with Gasteiger partial charge in [0.05, 0.1) is 0 Å². The van der Waals surface area contributed by atoms with Gasteiger partial charge in [-0.3, -0.25) is 14.4 Å². The van der Waals surface area contributed by atoms with Crippen LogP contribution in [0.15, 0.2) is 174 Å². The van der Waals surface area contributed by atoms with Crippen molar-refractivity contribution >= 4 is 63.3 Å². The van der Waals surface area contributed by atoms with E-state index in [1.807, 2.05) is 115 Å². The van der Waals surface area contributed by atoms with Gasteiger partial charge in [-0.15, -0.1) is 34.7 Å². The highest BCUT2D eigenvalue weighted by Gasteiger charge is 2.57. The molecule has 0 spiro atoms. The molecule has 8 rings (SSSR count). The highest BCUT2D eigenvalue weighted by atomic mass is 35.5. The summed E-state index contributed by atoms with van der Waals surface area (Å²) in [6.45, 7) is 0.0600. The Hall–Kier alpha value is -6.21. The monoisotopic (exact) mass is 867 g/mol. The van der Waals surface area contributed by atoms with Crippen molar-refractivity contribution in [1.29, 1.82) is 0 Å². The van der Waals surface area contributed by atoms with Gasteiger partial charge in [0.25, 0.3) is 5.91 Å². The lowest BCUT2D eigenvalue weighted by Gasteiger charge is -2.53. The fourth-order valence-corrected chi connectivity index (χ4v) is 10.2. The zero-order chi connectivity index (χ0) is 42.2. The quantitative estimate of drug-likeness (QED) is 0.0201. The molecule has 10 nitrogen and oxygen atoms in total. The first-order valence-electron chi connectivity index (χ1n) is 19.7.